The molecule has 2 aromatic rings. The van der Waals surface area contributed by atoms with E-state index in [4.69, 9.17) is 11.5 Å². The van der Waals surface area contributed by atoms with Gasteiger partial charge in [0.25, 0.3) is 0 Å². The van der Waals surface area contributed by atoms with E-state index >= 15 is 0 Å². The van der Waals surface area contributed by atoms with Gasteiger partial charge in [0.05, 0.1) is 0 Å². The van der Waals surface area contributed by atoms with Crippen molar-refractivity contribution in [3.05, 3.63) is 71.8 Å². The Kier molecular flexibility index (Phi) is 4.72. The fraction of sp³-hybridized carbons (Fsp3) is 0.294. The summed E-state index contributed by atoms with van der Waals surface area (Å²) in [4.78, 5) is 0. The predicted molar refractivity (Wildman–Crippen MR) is 80.7 cm³/mol. The molecule has 4 N–H and O–H groups in total. The van der Waals surface area contributed by atoms with E-state index in [1.165, 1.54) is 5.56 Å². The van der Waals surface area contributed by atoms with E-state index in [-0.39, 0.29) is 18.0 Å². The van der Waals surface area contributed by atoms with Crippen molar-refractivity contribution in [3.63, 3.8) is 0 Å². The summed E-state index contributed by atoms with van der Waals surface area (Å²) in [5.74, 6) is 0.239. The van der Waals surface area contributed by atoms with Gasteiger partial charge in [0.2, 0.25) is 0 Å². The lowest BCUT2D eigenvalue weighted by Gasteiger charge is -2.26. The zero-order chi connectivity index (χ0) is 13.7. The van der Waals surface area contributed by atoms with Crippen molar-refractivity contribution in [2.24, 2.45) is 17.4 Å². The minimum Gasteiger partial charge on any atom is -0.327 e. The normalized spacial score (nSPS) is 15.7. The third-order valence-corrected chi connectivity index (χ3v) is 3.74. The van der Waals surface area contributed by atoms with Crippen LogP contribution < -0.4 is 11.5 Å². The molecule has 0 aliphatic carbocycles. The zero-order valence-corrected chi connectivity index (χ0v) is 11.4. The summed E-state index contributed by atoms with van der Waals surface area (Å²) in [6, 6.07) is 20.6. The van der Waals surface area contributed by atoms with E-state index in [0.717, 1.165) is 12.0 Å². The van der Waals surface area contributed by atoms with Gasteiger partial charge in [0, 0.05) is 12.1 Å². The molecule has 0 heterocycles. The summed E-state index contributed by atoms with van der Waals surface area (Å²) in [6.07, 6.45) is 0.864. The Morgan fingerprint density at radius 3 is 1.95 bits per heavy atom. The Bertz CT molecular complexity index is 481. The van der Waals surface area contributed by atoms with Crippen LogP contribution in [0.5, 0.6) is 0 Å². The molecule has 0 aliphatic heterocycles. The lowest BCUT2D eigenvalue weighted by molar-refractivity contribution is 0.382. The number of rotatable bonds is 5. The van der Waals surface area contributed by atoms with E-state index in [1.807, 2.05) is 36.4 Å². The van der Waals surface area contributed by atoms with Gasteiger partial charge in [-0.05, 0) is 23.5 Å². The standard InChI is InChI=1S/C17H22N2/c1-13(17(19)15-10-6-3-7-11-15)16(18)12-14-8-4-2-5-9-14/h2-11,13,16-17H,12,18-19H2,1H3. The molecular weight excluding hydrogens is 232 g/mol. The smallest absolute Gasteiger partial charge is 0.0335 e. The third-order valence-electron chi connectivity index (χ3n) is 3.74. The number of nitrogens with two attached hydrogens (primary N) is 2. The average Bonchev–Trinajstić information content (AvgIpc) is 2.47. The Morgan fingerprint density at radius 2 is 1.37 bits per heavy atom. The van der Waals surface area contributed by atoms with Crippen molar-refractivity contribution in [1.82, 2.24) is 0 Å². The van der Waals surface area contributed by atoms with Crippen molar-refractivity contribution >= 4 is 0 Å². The first-order valence-corrected chi connectivity index (χ1v) is 6.78. The van der Waals surface area contributed by atoms with Crippen LogP contribution in [0.4, 0.5) is 0 Å². The summed E-state index contributed by atoms with van der Waals surface area (Å²) in [5.41, 5.74) is 15.0. The summed E-state index contributed by atoms with van der Waals surface area (Å²) in [7, 11) is 0. The van der Waals surface area contributed by atoms with Crippen LogP contribution in [0, 0.1) is 5.92 Å². The van der Waals surface area contributed by atoms with Gasteiger partial charge in [-0.1, -0.05) is 67.6 Å². The van der Waals surface area contributed by atoms with Gasteiger partial charge in [-0.15, -0.1) is 0 Å². The van der Waals surface area contributed by atoms with Crippen molar-refractivity contribution in [1.29, 1.82) is 0 Å². The predicted octanol–water partition coefficient (Wildman–Crippen LogP) is 2.89. The molecule has 2 aromatic carbocycles. The van der Waals surface area contributed by atoms with Crippen molar-refractivity contribution in [2.45, 2.75) is 25.4 Å². The molecule has 0 radical (unpaired) electrons. The molecule has 19 heavy (non-hydrogen) atoms. The van der Waals surface area contributed by atoms with E-state index in [1.54, 1.807) is 0 Å². The fourth-order valence-electron chi connectivity index (χ4n) is 2.32. The minimum atomic E-state index is -0.0140. The topological polar surface area (TPSA) is 52.0 Å². The van der Waals surface area contributed by atoms with Gasteiger partial charge in [0.15, 0.2) is 0 Å². The quantitative estimate of drug-likeness (QED) is 0.862. The molecule has 0 saturated carbocycles. The Balaban J connectivity index is 2.01. The van der Waals surface area contributed by atoms with Crippen LogP contribution in [0.3, 0.4) is 0 Å². The first-order valence-electron chi connectivity index (χ1n) is 6.78. The first-order chi connectivity index (χ1) is 9.18. The van der Waals surface area contributed by atoms with E-state index < -0.39 is 0 Å². The third kappa shape index (κ3) is 3.66. The molecular formula is C17H22N2. The van der Waals surface area contributed by atoms with Gasteiger partial charge < -0.3 is 11.5 Å². The fourth-order valence-corrected chi connectivity index (χ4v) is 2.32. The molecule has 0 fully saturated rings. The average molecular weight is 254 g/mol. The largest absolute Gasteiger partial charge is 0.327 e. The molecule has 0 saturated heterocycles. The molecule has 3 atom stereocenters. The lowest BCUT2D eigenvalue weighted by Crippen LogP contribution is -2.37. The Hall–Kier alpha value is -1.64. The second-order valence-electron chi connectivity index (χ2n) is 5.15. The number of hydrogen-bond acceptors (Lipinski definition) is 2. The highest BCUT2D eigenvalue weighted by molar-refractivity contribution is 5.21. The van der Waals surface area contributed by atoms with Crippen molar-refractivity contribution in [2.75, 3.05) is 0 Å². The highest BCUT2D eigenvalue weighted by Gasteiger charge is 2.21. The zero-order valence-electron chi connectivity index (χ0n) is 11.4. The number of hydrogen-bond donors (Lipinski definition) is 2. The van der Waals surface area contributed by atoms with Crippen LogP contribution in [0.25, 0.3) is 0 Å². The highest BCUT2D eigenvalue weighted by Crippen LogP contribution is 2.22. The molecule has 3 unspecified atom stereocenters. The molecule has 0 aromatic heterocycles. The van der Waals surface area contributed by atoms with Crippen LogP contribution in [-0.2, 0) is 6.42 Å². The second kappa shape index (κ2) is 6.50. The maximum absolute atomic E-state index is 6.31. The Morgan fingerprint density at radius 1 is 0.842 bits per heavy atom. The monoisotopic (exact) mass is 254 g/mol. The van der Waals surface area contributed by atoms with Gasteiger partial charge in [-0.2, -0.15) is 0 Å². The first kappa shape index (κ1) is 13.8. The van der Waals surface area contributed by atoms with Crippen LogP contribution >= 0.6 is 0 Å². The maximum Gasteiger partial charge on any atom is 0.0335 e. The molecule has 100 valence electrons. The molecule has 0 amide bonds. The summed E-state index contributed by atoms with van der Waals surface area (Å²) >= 11 is 0. The van der Waals surface area contributed by atoms with Gasteiger partial charge >= 0.3 is 0 Å². The van der Waals surface area contributed by atoms with Crippen LogP contribution in [0.1, 0.15) is 24.1 Å². The number of benzene rings is 2. The minimum absolute atomic E-state index is 0.0140. The Labute approximate surface area is 115 Å². The molecule has 0 aliphatic rings. The summed E-state index contributed by atoms with van der Waals surface area (Å²) in [6.45, 7) is 2.13. The van der Waals surface area contributed by atoms with Gasteiger partial charge in [-0.3, -0.25) is 0 Å². The van der Waals surface area contributed by atoms with Crippen LogP contribution in [0.2, 0.25) is 0 Å². The van der Waals surface area contributed by atoms with Crippen molar-refractivity contribution in [3.8, 4) is 0 Å². The molecule has 0 spiro atoms. The SMILES string of the molecule is CC(C(N)Cc1ccccc1)C(N)c1ccccc1. The van der Waals surface area contributed by atoms with E-state index in [2.05, 4.69) is 31.2 Å². The summed E-state index contributed by atoms with van der Waals surface area (Å²) in [5, 5.41) is 0. The maximum atomic E-state index is 6.31. The molecule has 0 bridgehead atoms. The molecule has 2 nitrogen and oxygen atoms in total. The highest BCUT2D eigenvalue weighted by atomic mass is 14.7. The second-order valence-corrected chi connectivity index (χ2v) is 5.15. The molecule has 2 rings (SSSR count). The molecule has 2 heteroatoms. The van der Waals surface area contributed by atoms with E-state index in [9.17, 15) is 0 Å². The van der Waals surface area contributed by atoms with Crippen LogP contribution in [0.15, 0.2) is 60.7 Å². The van der Waals surface area contributed by atoms with Gasteiger partial charge in [0.1, 0.15) is 0 Å². The van der Waals surface area contributed by atoms with Crippen LogP contribution in [-0.4, -0.2) is 6.04 Å². The lowest BCUT2D eigenvalue weighted by atomic mass is 9.86. The summed E-state index contributed by atoms with van der Waals surface area (Å²) < 4.78 is 0. The van der Waals surface area contributed by atoms with Crippen molar-refractivity contribution < 1.29 is 0 Å². The van der Waals surface area contributed by atoms with E-state index in [0.29, 0.717) is 0 Å². The van der Waals surface area contributed by atoms with Gasteiger partial charge in [-0.25, -0.2) is 0 Å².